The first-order valence-corrected chi connectivity index (χ1v) is 5.79. The quantitative estimate of drug-likeness (QED) is 0.477. The Kier molecular flexibility index (Phi) is 8.86. The van der Waals surface area contributed by atoms with Gasteiger partial charge in [0.15, 0.2) is 0 Å². The van der Waals surface area contributed by atoms with E-state index in [9.17, 15) is 9.59 Å². The standard InChI is InChI=1S/C12H20O6/c1-9(13)5-7-17-11(15)3-4-12(16)18-8-6-10(2)14/h3-4,9-10,13-14H,5-8H2,1-2H3/b4-3-. The Labute approximate surface area is 106 Å². The number of aliphatic hydroxyl groups is 2. The van der Waals surface area contributed by atoms with Crippen molar-refractivity contribution in [1.82, 2.24) is 0 Å². The molecule has 0 rings (SSSR count). The minimum absolute atomic E-state index is 0.0952. The Morgan fingerprint density at radius 2 is 1.28 bits per heavy atom. The molecule has 2 atom stereocenters. The molecule has 18 heavy (non-hydrogen) atoms. The van der Waals surface area contributed by atoms with Crippen LogP contribution in [0.4, 0.5) is 0 Å². The van der Waals surface area contributed by atoms with Crippen molar-refractivity contribution in [3.05, 3.63) is 12.2 Å². The van der Waals surface area contributed by atoms with E-state index in [1.165, 1.54) is 0 Å². The van der Waals surface area contributed by atoms with Gasteiger partial charge in [0.25, 0.3) is 0 Å². The molecule has 0 aliphatic carbocycles. The van der Waals surface area contributed by atoms with Gasteiger partial charge in [-0.15, -0.1) is 0 Å². The summed E-state index contributed by atoms with van der Waals surface area (Å²) in [5.41, 5.74) is 0. The van der Waals surface area contributed by atoms with Crippen LogP contribution in [0.25, 0.3) is 0 Å². The van der Waals surface area contributed by atoms with Gasteiger partial charge in [0.05, 0.1) is 25.4 Å². The van der Waals surface area contributed by atoms with Gasteiger partial charge in [-0.3, -0.25) is 0 Å². The van der Waals surface area contributed by atoms with Gasteiger partial charge < -0.3 is 19.7 Å². The van der Waals surface area contributed by atoms with Crippen LogP contribution >= 0.6 is 0 Å². The normalized spacial score (nSPS) is 14.2. The van der Waals surface area contributed by atoms with Gasteiger partial charge in [-0.1, -0.05) is 0 Å². The lowest BCUT2D eigenvalue weighted by Gasteiger charge is -2.04. The fraction of sp³-hybridized carbons (Fsp3) is 0.667. The number of carbonyl (C=O) groups excluding carboxylic acids is 2. The fourth-order valence-electron chi connectivity index (χ4n) is 0.892. The van der Waals surface area contributed by atoms with E-state index in [0.717, 1.165) is 12.2 Å². The maximum atomic E-state index is 11.1. The molecule has 0 bridgehead atoms. The van der Waals surface area contributed by atoms with Gasteiger partial charge in [-0.05, 0) is 13.8 Å². The Hall–Kier alpha value is -1.40. The van der Waals surface area contributed by atoms with E-state index in [-0.39, 0.29) is 13.2 Å². The first-order chi connectivity index (χ1) is 8.41. The van der Waals surface area contributed by atoms with E-state index in [0.29, 0.717) is 12.8 Å². The van der Waals surface area contributed by atoms with Gasteiger partial charge in [0.1, 0.15) is 0 Å². The highest BCUT2D eigenvalue weighted by molar-refractivity contribution is 5.91. The Morgan fingerprint density at radius 3 is 1.56 bits per heavy atom. The highest BCUT2D eigenvalue weighted by Crippen LogP contribution is 1.94. The van der Waals surface area contributed by atoms with E-state index in [4.69, 9.17) is 19.7 Å². The molecule has 0 heterocycles. The number of ether oxygens (including phenoxy) is 2. The van der Waals surface area contributed by atoms with Crippen LogP contribution in [-0.2, 0) is 19.1 Å². The summed E-state index contributed by atoms with van der Waals surface area (Å²) >= 11 is 0. The maximum Gasteiger partial charge on any atom is 0.331 e. The molecule has 0 radical (unpaired) electrons. The molecule has 2 N–H and O–H groups in total. The van der Waals surface area contributed by atoms with Gasteiger partial charge in [-0.2, -0.15) is 0 Å². The topological polar surface area (TPSA) is 93.1 Å². The predicted octanol–water partition coefficient (Wildman–Crippen LogP) is 0.171. The highest BCUT2D eigenvalue weighted by Gasteiger charge is 2.03. The smallest absolute Gasteiger partial charge is 0.331 e. The lowest BCUT2D eigenvalue weighted by Crippen LogP contribution is -2.11. The number of hydrogen-bond donors (Lipinski definition) is 2. The van der Waals surface area contributed by atoms with Crippen LogP contribution in [-0.4, -0.2) is 47.6 Å². The monoisotopic (exact) mass is 260 g/mol. The molecule has 0 aromatic heterocycles. The molecule has 2 unspecified atom stereocenters. The van der Waals surface area contributed by atoms with E-state index in [1.54, 1.807) is 13.8 Å². The van der Waals surface area contributed by atoms with Gasteiger partial charge >= 0.3 is 11.9 Å². The van der Waals surface area contributed by atoms with E-state index in [1.807, 2.05) is 0 Å². The zero-order chi connectivity index (χ0) is 14.0. The minimum atomic E-state index is -0.664. The van der Waals surface area contributed by atoms with Crippen molar-refractivity contribution in [3.8, 4) is 0 Å². The summed E-state index contributed by atoms with van der Waals surface area (Å²) in [4.78, 5) is 22.1. The minimum Gasteiger partial charge on any atom is -0.462 e. The number of esters is 2. The molecule has 0 aliphatic rings. The maximum absolute atomic E-state index is 11.1. The zero-order valence-corrected chi connectivity index (χ0v) is 10.7. The number of rotatable bonds is 8. The van der Waals surface area contributed by atoms with E-state index >= 15 is 0 Å². The molecule has 6 heteroatoms. The third-order valence-electron chi connectivity index (χ3n) is 1.92. The molecule has 0 amide bonds. The Morgan fingerprint density at radius 1 is 0.944 bits per heavy atom. The van der Waals surface area contributed by atoms with Crippen LogP contribution < -0.4 is 0 Å². The third-order valence-corrected chi connectivity index (χ3v) is 1.92. The summed E-state index contributed by atoms with van der Waals surface area (Å²) in [7, 11) is 0. The molecule has 0 spiro atoms. The second-order valence-electron chi connectivity index (χ2n) is 3.94. The second kappa shape index (κ2) is 9.61. The predicted molar refractivity (Wildman–Crippen MR) is 63.7 cm³/mol. The zero-order valence-electron chi connectivity index (χ0n) is 10.7. The Bertz CT molecular complexity index is 254. The van der Waals surface area contributed by atoms with Crippen LogP contribution in [0, 0.1) is 0 Å². The first-order valence-electron chi connectivity index (χ1n) is 5.79. The third kappa shape index (κ3) is 11.1. The lowest BCUT2D eigenvalue weighted by molar-refractivity contribution is -0.141. The van der Waals surface area contributed by atoms with Crippen LogP contribution in [0.3, 0.4) is 0 Å². The van der Waals surface area contributed by atoms with Gasteiger partial charge in [-0.25, -0.2) is 9.59 Å². The van der Waals surface area contributed by atoms with Crippen molar-refractivity contribution in [2.75, 3.05) is 13.2 Å². The van der Waals surface area contributed by atoms with Crippen LogP contribution in [0.2, 0.25) is 0 Å². The van der Waals surface area contributed by atoms with Crippen molar-refractivity contribution in [3.63, 3.8) is 0 Å². The van der Waals surface area contributed by atoms with Crippen LogP contribution in [0.15, 0.2) is 12.2 Å². The highest BCUT2D eigenvalue weighted by atomic mass is 16.5. The summed E-state index contributed by atoms with van der Waals surface area (Å²) in [6.45, 7) is 3.36. The van der Waals surface area contributed by atoms with E-state index < -0.39 is 24.1 Å². The average Bonchev–Trinajstić information content (AvgIpc) is 2.25. The van der Waals surface area contributed by atoms with Gasteiger partial charge in [0, 0.05) is 25.0 Å². The molecule has 0 fully saturated rings. The van der Waals surface area contributed by atoms with Crippen LogP contribution in [0.5, 0.6) is 0 Å². The summed E-state index contributed by atoms with van der Waals surface area (Å²) < 4.78 is 9.42. The number of hydrogen-bond acceptors (Lipinski definition) is 6. The molecule has 0 aromatic rings. The fourth-order valence-corrected chi connectivity index (χ4v) is 0.892. The van der Waals surface area contributed by atoms with Crippen molar-refractivity contribution in [2.24, 2.45) is 0 Å². The molecular formula is C12H20O6. The van der Waals surface area contributed by atoms with Crippen LogP contribution in [0.1, 0.15) is 26.7 Å². The Balaban J connectivity index is 3.71. The molecule has 0 aliphatic heterocycles. The summed E-state index contributed by atoms with van der Waals surface area (Å²) in [5, 5.41) is 17.8. The molecule has 0 saturated carbocycles. The number of aliphatic hydroxyl groups excluding tert-OH is 2. The largest absolute Gasteiger partial charge is 0.462 e. The molecule has 0 aromatic carbocycles. The van der Waals surface area contributed by atoms with Crippen molar-refractivity contribution in [2.45, 2.75) is 38.9 Å². The number of carbonyl (C=O) groups is 2. The molecule has 6 nitrogen and oxygen atoms in total. The summed E-state index contributed by atoms with van der Waals surface area (Å²) in [5.74, 6) is -1.33. The summed E-state index contributed by atoms with van der Waals surface area (Å²) in [6.07, 6.45) is 1.55. The SMILES string of the molecule is CC(O)CCOC(=O)/C=C\C(=O)OCCC(C)O. The van der Waals surface area contributed by atoms with Gasteiger partial charge in [0.2, 0.25) is 0 Å². The average molecular weight is 260 g/mol. The van der Waals surface area contributed by atoms with E-state index in [2.05, 4.69) is 0 Å². The molecular weight excluding hydrogens is 240 g/mol. The lowest BCUT2D eigenvalue weighted by atomic mass is 10.3. The van der Waals surface area contributed by atoms with Crippen molar-refractivity contribution < 1.29 is 29.3 Å². The molecule has 104 valence electrons. The van der Waals surface area contributed by atoms with Crippen molar-refractivity contribution in [1.29, 1.82) is 0 Å². The van der Waals surface area contributed by atoms with Crippen molar-refractivity contribution >= 4 is 11.9 Å². The first kappa shape index (κ1) is 16.6. The summed E-state index contributed by atoms with van der Waals surface area (Å²) in [6, 6.07) is 0. The second-order valence-corrected chi connectivity index (χ2v) is 3.94. The molecule has 0 saturated heterocycles.